The SMILES string of the molecule is CC1(C)[C@@H]2CC[C@@]1(C)[C@H](OC(=O)[C@H](O)c1ccccc1)[C@@H]2NS(=O)(=O)c1cccc2ccccc12. The van der Waals surface area contributed by atoms with Gasteiger partial charge in [0.05, 0.1) is 10.9 Å². The number of ether oxygens (including phenoxy) is 1. The van der Waals surface area contributed by atoms with Crippen LogP contribution < -0.4 is 4.72 Å². The van der Waals surface area contributed by atoms with Gasteiger partial charge in [0.2, 0.25) is 10.0 Å². The standard InChI is InChI=1S/C28H31NO5S/c1-27(2)21-16-17-28(27,3)25(34-26(31)24(30)19-11-5-4-6-12-19)23(21)29-35(32,33)22-15-9-13-18-10-7-8-14-20(18)22/h4-15,21,23-25,29-30H,16-17H2,1-3H3/t21-,23-,24-,25-,28+/m1/s1. The maximum absolute atomic E-state index is 13.7. The van der Waals surface area contributed by atoms with Gasteiger partial charge in [-0.05, 0) is 41.2 Å². The molecule has 0 saturated heterocycles. The molecule has 3 aromatic carbocycles. The molecule has 0 amide bonds. The molecule has 2 aliphatic carbocycles. The number of rotatable bonds is 6. The fourth-order valence-electron chi connectivity index (χ4n) is 6.29. The van der Waals surface area contributed by atoms with Crippen molar-refractivity contribution in [3.8, 4) is 0 Å². The summed E-state index contributed by atoms with van der Waals surface area (Å²) in [6.45, 7) is 6.29. The van der Waals surface area contributed by atoms with Gasteiger partial charge in [0, 0.05) is 10.8 Å². The van der Waals surface area contributed by atoms with Crippen LogP contribution in [-0.2, 0) is 19.6 Å². The molecule has 184 valence electrons. The quantitative estimate of drug-likeness (QED) is 0.490. The number of esters is 1. The summed E-state index contributed by atoms with van der Waals surface area (Å²) in [6, 6.07) is 20.6. The van der Waals surface area contributed by atoms with Gasteiger partial charge in [0.25, 0.3) is 0 Å². The van der Waals surface area contributed by atoms with E-state index in [2.05, 4.69) is 25.5 Å². The van der Waals surface area contributed by atoms with E-state index in [1.807, 2.05) is 24.3 Å². The molecule has 5 rings (SSSR count). The predicted octanol–water partition coefficient (Wildman–Crippen LogP) is 4.59. The summed E-state index contributed by atoms with van der Waals surface area (Å²) in [5.41, 5.74) is -0.255. The number of sulfonamides is 1. The van der Waals surface area contributed by atoms with Gasteiger partial charge in [-0.25, -0.2) is 17.9 Å². The summed E-state index contributed by atoms with van der Waals surface area (Å²) >= 11 is 0. The van der Waals surface area contributed by atoms with Gasteiger partial charge in [0.15, 0.2) is 6.10 Å². The van der Waals surface area contributed by atoms with Crippen molar-refractivity contribution in [1.29, 1.82) is 0 Å². The largest absolute Gasteiger partial charge is 0.458 e. The van der Waals surface area contributed by atoms with Crippen molar-refractivity contribution < 1.29 is 23.1 Å². The third-order valence-electron chi connectivity index (χ3n) is 8.67. The second kappa shape index (κ2) is 8.43. The zero-order valence-electron chi connectivity index (χ0n) is 20.1. The number of aliphatic hydroxyl groups is 1. The lowest BCUT2D eigenvalue weighted by Crippen LogP contribution is -2.51. The first-order valence-corrected chi connectivity index (χ1v) is 13.5. The second-order valence-corrected chi connectivity index (χ2v) is 12.3. The molecular weight excluding hydrogens is 462 g/mol. The summed E-state index contributed by atoms with van der Waals surface area (Å²) in [6.07, 6.45) is -0.484. The average molecular weight is 494 g/mol. The molecule has 6 nitrogen and oxygen atoms in total. The zero-order chi connectivity index (χ0) is 25.0. The van der Waals surface area contributed by atoms with Crippen LogP contribution in [0.2, 0.25) is 0 Å². The molecule has 0 spiro atoms. The molecule has 0 heterocycles. The summed E-state index contributed by atoms with van der Waals surface area (Å²) in [5, 5.41) is 12.1. The molecule has 0 aromatic heterocycles. The summed E-state index contributed by atoms with van der Waals surface area (Å²) < 4.78 is 36.2. The van der Waals surface area contributed by atoms with Gasteiger partial charge in [0.1, 0.15) is 6.10 Å². The Bertz CT molecular complexity index is 1370. The molecular formula is C28H31NO5S. The maximum Gasteiger partial charge on any atom is 0.340 e. The smallest absolute Gasteiger partial charge is 0.340 e. The third-order valence-corrected chi connectivity index (χ3v) is 10.2. The summed E-state index contributed by atoms with van der Waals surface area (Å²) in [7, 11) is -3.91. The first-order chi connectivity index (χ1) is 16.6. The van der Waals surface area contributed by atoms with Gasteiger partial charge in [-0.3, -0.25) is 0 Å². The van der Waals surface area contributed by atoms with Crippen molar-refractivity contribution in [3.63, 3.8) is 0 Å². The van der Waals surface area contributed by atoms with E-state index in [0.717, 1.165) is 18.2 Å². The van der Waals surface area contributed by atoms with Crippen LogP contribution in [0.25, 0.3) is 10.8 Å². The van der Waals surface area contributed by atoms with Gasteiger partial charge in [-0.1, -0.05) is 87.5 Å². The number of nitrogens with one attached hydrogen (secondary N) is 1. The first kappa shape index (κ1) is 24.0. The Morgan fingerprint density at radius 3 is 2.40 bits per heavy atom. The van der Waals surface area contributed by atoms with Crippen molar-refractivity contribution in [2.45, 2.75) is 56.8 Å². The monoisotopic (exact) mass is 493 g/mol. The Labute approximate surface area is 206 Å². The zero-order valence-corrected chi connectivity index (χ0v) is 21.0. The van der Waals surface area contributed by atoms with E-state index < -0.39 is 39.7 Å². The van der Waals surface area contributed by atoms with E-state index in [-0.39, 0.29) is 16.2 Å². The second-order valence-electron chi connectivity index (χ2n) is 10.6. The maximum atomic E-state index is 13.7. The van der Waals surface area contributed by atoms with Gasteiger partial charge in [-0.15, -0.1) is 0 Å². The molecule has 2 N–H and O–H groups in total. The summed E-state index contributed by atoms with van der Waals surface area (Å²) in [4.78, 5) is 13.2. The number of hydrogen-bond donors (Lipinski definition) is 2. The molecule has 2 bridgehead atoms. The van der Waals surface area contributed by atoms with E-state index >= 15 is 0 Å². The Kier molecular flexibility index (Phi) is 5.78. The van der Waals surface area contributed by atoms with Crippen molar-refractivity contribution in [2.24, 2.45) is 16.7 Å². The summed E-state index contributed by atoms with van der Waals surface area (Å²) in [5.74, 6) is -0.774. The van der Waals surface area contributed by atoms with Gasteiger partial charge in [-0.2, -0.15) is 0 Å². The van der Waals surface area contributed by atoms with E-state index in [1.165, 1.54) is 0 Å². The predicted molar refractivity (Wildman–Crippen MR) is 134 cm³/mol. The van der Waals surface area contributed by atoms with E-state index in [4.69, 9.17) is 4.74 Å². The Hall–Kier alpha value is -2.74. The highest BCUT2D eigenvalue weighted by molar-refractivity contribution is 7.89. The third kappa shape index (κ3) is 3.77. The molecule has 2 saturated carbocycles. The van der Waals surface area contributed by atoms with E-state index in [9.17, 15) is 18.3 Å². The van der Waals surface area contributed by atoms with Crippen LogP contribution in [0.1, 0.15) is 45.3 Å². The van der Waals surface area contributed by atoms with Crippen LogP contribution in [-0.4, -0.2) is 31.6 Å². The number of hydrogen-bond acceptors (Lipinski definition) is 5. The number of benzene rings is 3. The molecule has 0 unspecified atom stereocenters. The van der Waals surface area contributed by atoms with Gasteiger partial charge >= 0.3 is 5.97 Å². The van der Waals surface area contributed by atoms with Crippen LogP contribution in [0, 0.1) is 16.7 Å². The number of carbonyl (C=O) groups is 1. The molecule has 3 aromatic rings. The average Bonchev–Trinajstić information content (AvgIpc) is 3.16. The number of fused-ring (bicyclic) bond motifs is 3. The Balaban J connectivity index is 1.48. The normalized spacial score (nSPS) is 28.2. The van der Waals surface area contributed by atoms with Gasteiger partial charge < -0.3 is 9.84 Å². The highest BCUT2D eigenvalue weighted by Crippen LogP contribution is 2.66. The van der Waals surface area contributed by atoms with Crippen LogP contribution in [0.3, 0.4) is 0 Å². The lowest BCUT2D eigenvalue weighted by molar-refractivity contribution is -0.168. The van der Waals surface area contributed by atoms with E-state index in [0.29, 0.717) is 10.9 Å². The molecule has 35 heavy (non-hydrogen) atoms. The van der Waals surface area contributed by atoms with Crippen LogP contribution in [0.4, 0.5) is 0 Å². The molecule has 0 radical (unpaired) electrons. The molecule has 5 atom stereocenters. The molecule has 7 heteroatoms. The Morgan fingerprint density at radius 2 is 1.66 bits per heavy atom. The molecule has 2 fully saturated rings. The minimum atomic E-state index is -3.91. The van der Waals surface area contributed by atoms with Crippen molar-refractivity contribution >= 4 is 26.8 Å². The highest BCUT2D eigenvalue weighted by atomic mass is 32.2. The fourth-order valence-corrected chi connectivity index (χ4v) is 7.79. The topological polar surface area (TPSA) is 92.7 Å². The number of aliphatic hydroxyl groups excluding tert-OH is 1. The van der Waals surface area contributed by atoms with Crippen molar-refractivity contribution in [2.75, 3.05) is 0 Å². The fraction of sp³-hybridized carbons (Fsp3) is 0.393. The van der Waals surface area contributed by atoms with Crippen LogP contribution in [0.15, 0.2) is 77.7 Å². The number of carbonyl (C=O) groups excluding carboxylic acids is 1. The van der Waals surface area contributed by atoms with Crippen LogP contribution in [0.5, 0.6) is 0 Å². The van der Waals surface area contributed by atoms with E-state index in [1.54, 1.807) is 48.5 Å². The minimum absolute atomic E-state index is 0.0103. The Morgan fingerprint density at radius 1 is 1.00 bits per heavy atom. The molecule has 0 aliphatic heterocycles. The van der Waals surface area contributed by atoms with Crippen molar-refractivity contribution in [1.82, 2.24) is 4.72 Å². The van der Waals surface area contributed by atoms with Crippen molar-refractivity contribution in [3.05, 3.63) is 78.4 Å². The minimum Gasteiger partial charge on any atom is -0.458 e. The lowest BCUT2D eigenvalue weighted by atomic mass is 9.70. The highest BCUT2D eigenvalue weighted by Gasteiger charge is 2.68. The van der Waals surface area contributed by atoms with Crippen LogP contribution >= 0.6 is 0 Å². The molecule has 2 aliphatic rings. The first-order valence-electron chi connectivity index (χ1n) is 12.0. The lowest BCUT2D eigenvalue weighted by Gasteiger charge is -2.39.